The molecule has 6 aromatic carbocycles. The van der Waals surface area contributed by atoms with E-state index in [0.717, 1.165) is 61.8 Å². The van der Waals surface area contributed by atoms with Gasteiger partial charge in [-0.25, -0.2) is 4.79 Å². The summed E-state index contributed by atoms with van der Waals surface area (Å²) in [4.78, 5) is 72.7. The highest BCUT2D eigenvalue weighted by Gasteiger charge is 2.63. The van der Waals surface area contributed by atoms with Gasteiger partial charge in [-0.2, -0.15) is 0 Å². The molecule has 2 aliphatic carbocycles. The Hall–Kier alpha value is -7.48. The second-order valence-corrected chi connectivity index (χ2v) is 21.8. The van der Waals surface area contributed by atoms with Crippen molar-refractivity contribution in [3.05, 3.63) is 126 Å². The predicted molar refractivity (Wildman–Crippen MR) is 290 cm³/mol. The summed E-state index contributed by atoms with van der Waals surface area (Å²) in [5.41, 5.74) is 3.19. The van der Waals surface area contributed by atoms with Crippen LogP contribution < -0.4 is 5.32 Å². The predicted octanol–water partition coefficient (Wildman–Crippen LogP) is 11.0. The lowest BCUT2D eigenvalue weighted by atomic mass is 9.79. The number of amides is 2. The number of aromatic hydroxyl groups is 3. The smallest absolute Gasteiger partial charge is 0.347 e. The van der Waals surface area contributed by atoms with E-state index >= 15 is 0 Å². The zero-order chi connectivity index (χ0) is 54.8. The number of fused-ring (bicyclic) bond motifs is 4. The van der Waals surface area contributed by atoms with Crippen LogP contribution in [0.1, 0.15) is 121 Å². The fourth-order valence-electron chi connectivity index (χ4n) is 12.8. The van der Waals surface area contributed by atoms with Crippen molar-refractivity contribution in [2.45, 2.75) is 123 Å². The zero-order valence-electron chi connectivity index (χ0n) is 44.5. The highest BCUT2D eigenvalue weighted by Crippen LogP contribution is 2.55. The molecule has 5 fully saturated rings. The van der Waals surface area contributed by atoms with Gasteiger partial charge >= 0.3 is 23.9 Å². The van der Waals surface area contributed by atoms with E-state index in [9.17, 15) is 44.1 Å². The summed E-state index contributed by atoms with van der Waals surface area (Å²) in [6.45, 7) is 12.2. The van der Waals surface area contributed by atoms with Crippen molar-refractivity contribution in [1.82, 2.24) is 5.32 Å². The van der Waals surface area contributed by atoms with Crippen molar-refractivity contribution >= 4 is 68.0 Å². The first-order valence-electron chi connectivity index (χ1n) is 27.2. The maximum Gasteiger partial charge on any atom is 0.347 e. The van der Waals surface area contributed by atoms with Crippen molar-refractivity contribution in [3.63, 3.8) is 0 Å². The topological polar surface area (TPSA) is 212 Å². The van der Waals surface area contributed by atoms with E-state index in [1.54, 1.807) is 25.1 Å². The monoisotopic (exact) mass is 1050 g/mol. The molecule has 0 aromatic heterocycles. The van der Waals surface area contributed by atoms with Crippen molar-refractivity contribution in [2.24, 2.45) is 41.4 Å². The van der Waals surface area contributed by atoms with Crippen LogP contribution in [0.4, 0.5) is 0 Å². The first kappa shape index (κ1) is 54.3. The van der Waals surface area contributed by atoms with Gasteiger partial charge < -0.3 is 34.3 Å². The van der Waals surface area contributed by atoms with Gasteiger partial charge in [0.05, 0.1) is 30.3 Å². The summed E-state index contributed by atoms with van der Waals surface area (Å²) in [5, 5.41) is 37.9. The summed E-state index contributed by atoms with van der Waals surface area (Å²) >= 11 is 0. The molecule has 3 aliphatic heterocycles. The van der Waals surface area contributed by atoms with Crippen LogP contribution in [0, 0.1) is 41.4 Å². The maximum absolute atomic E-state index is 13.0. The lowest BCUT2D eigenvalue weighted by Crippen LogP contribution is -2.37. The highest BCUT2D eigenvalue weighted by atomic mass is 16.6. The second kappa shape index (κ2) is 23.0. The molecule has 11 rings (SSSR count). The molecule has 0 spiro atoms. The quantitative estimate of drug-likeness (QED) is 0.0455. The molecule has 5 aliphatic rings. The number of phenolic OH excluding ortho intramolecular Hbond substituents is 3. The first-order valence-corrected chi connectivity index (χ1v) is 27.2. The van der Waals surface area contributed by atoms with E-state index in [-0.39, 0.29) is 118 Å². The molecule has 2 saturated carbocycles. The van der Waals surface area contributed by atoms with Crippen LogP contribution in [0.3, 0.4) is 0 Å². The van der Waals surface area contributed by atoms with Crippen LogP contribution in [0.25, 0.3) is 32.3 Å². The molecule has 0 radical (unpaired) electrons. The van der Waals surface area contributed by atoms with Crippen LogP contribution >= 0.6 is 0 Å². The van der Waals surface area contributed by atoms with E-state index in [2.05, 4.69) is 19.2 Å². The number of carbonyl (C=O) groups is 6. The molecule has 13 unspecified atom stereocenters. The Morgan fingerprint density at radius 2 is 1.08 bits per heavy atom. The number of nitrogens with one attached hydrogen (secondary N) is 1. The van der Waals surface area contributed by atoms with Crippen LogP contribution in [0.15, 0.2) is 109 Å². The van der Waals surface area contributed by atoms with Gasteiger partial charge in [0.1, 0.15) is 29.5 Å². The lowest BCUT2D eigenvalue weighted by molar-refractivity contribution is -0.166. The molecule has 2 amide bonds. The molecule has 14 nitrogen and oxygen atoms in total. The molecule has 3 heterocycles. The van der Waals surface area contributed by atoms with Crippen LogP contribution in [-0.4, -0.2) is 75.9 Å². The van der Waals surface area contributed by atoms with Crippen LogP contribution in [0.2, 0.25) is 0 Å². The SMILES string of the molecule is CC1C(=O)NC(=O)C1C(C)c1ccc(O)c2ccccc12.CCC(CC(C)c1ccc(O)c2ccccc12)C(=O)OC1C2CC3C(=O)OC1C3C2.CCC(CC(C)c1ccc(O)c2ccccc12)C(=O)OC1CCOC1=O. The van der Waals surface area contributed by atoms with Crippen LogP contribution in [-0.2, 0) is 47.7 Å². The minimum Gasteiger partial charge on any atom is -0.507 e. The van der Waals surface area contributed by atoms with Gasteiger partial charge in [0.15, 0.2) is 0 Å². The van der Waals surface area contributed by atoms with Gasteiger partial charge in [-0.15, -0.1) is 0 Å². The van der Waals surface area contributed by atoms with Gasteiger partial charge in [-0.3, -0.25) is 29.3 Å². The third-order valence-electron chi connectivity index (χ3n) is 17.1. The number of carbonyl (C=O) groups excluding carboxylic acids is 6. The minimum absolute atomic E-state index is 0.0275. The van der Waals surface area contributed by atoms with E-state index in [1.165, 1.54) is 0 Å². The summed E-state index contributed by atoms with van der Waals surface area (Å²) in [6.07, 6.45) is 3.53. The van der Waals surface area contributed by atoms with E-state index in [0.29, 0.717) is 38.7 Å². The largest absolute Gasteiger partial charge is 0.507 e. The number of imide groups is 1. The van der Waals surface area contributed by atoms with Crippen LogP contribution in [0.5, 0.6) is 17.2 Å². The average molecular weight is 1050 g/mol. The minimum atomic E-state index is -0.763. The number of ether oxygens (including phenoxy) is 4. The second-order valence-electron chi connectivity index (χ2n) is 21.8. The molecule has 2 bridgehead atoms. The Labute approximate surface area is 448 Å². The Morgan fingerprint density at radius 1 is 0.610 bits per heavy atom. The number of hydrogen-bond donors (Lipinski definition) is 4. The number of esters is 4. The Morgan fingerprint density at radius 3 is 1.53 bits per heavy atom. The fourth-order valence-corrected chi connectivity index (χ4v) is 12.8. The normalized spacial score (nSPS) is 24.9. The van der Waals surface area contributed by atoms with E-state index in [1.807, 2.05) is 112 Å². The number of hydrogen-bond acceptors (Lipinski definition) is 13. The summed E-state index contributed by atoms with van der Waals surface area (Å²) in [7, 11) is 0. The molecule has 13 atom stereocenters. The summed E-state index contributed by atoms with van der Waals surface area (Å²) < 4.78 is 21.7. The third-order valence-corrected chi connectivity index (χ3v) is 17.1. The molecular weight excluding hydrogens is 979 g/mol. The number of rotatable bonds is 14. The molecule has 6 aromatic rings. The van der Waals surface area contributed by atoms with Crippen molar-refractivity contribution in [1.29, 1.82) is 0 Å². The summed E-state index contributed by atoms with van der Waals surface area (Å²) in [6, 6.07) is 33.8. The van der Waals surface area contributed by atoms with Crippen molar-refractivity contribution in [3.8, 4) is 17.2 Å². The number of cyclic esters (lactones) is 1. The van der Waals surface area contributed by atoms with E-state index in [4.69, 9.17) is 18.9 Å². The van der Waals surface area contributed by atoms with Gasteiger partial charge in [-0.05, 0) is 107 Å². The molecular formula is C63H69NO13. The van der Waals surface area contributed by atoms with Crippen molar-refractivity contribution < 1.29 is 63.0 Å². The standard InChI is InChI=1S/C25H28O5.C21H24O5.C17H17NO3/c1-3-14(10-13(2)16-8-9-21(26)18-7-5-4-6-17(16)18)24(27)29-22-15-11-19-20(12-15)25(28)30-23(19)22;1-3-14(20(23)26-19-10-11-25-21(19)24)12-13(2)15-8-9-18(22)17-7-5-4-6-16(15)17;1-9(15-10(2)16(20)18-17(15)21)11-7-8-14(19)13-6-4-3-5-12(11)13/h4-9,13-15,19-20,22-23,26H,3,10-12H2,1-2H3;4-9,13-14,19,22H,3,10-12H2,1-2H3;3-10,15,19H,1-2H3,(H,18,20,21). The fraction of sp³-hybridized carbons (Fsp3) is 0.429. The average Bonchev–Trinajstić information content (AvgIpc) is 4.23. The molecule has 4 N–H and O–H groups in total. The summed E-state index contributed by atoms with van der Waals surface area (Å²) in [5.74, 6) is -1.27. The van der Waals surface area contributed by atoms with Gasteiger partial charge in [0.25, 0.3) is 0 Å². The van der Waals surface area contributed by atoms with Gasteiger partial charge in [0, 0.05) is 40.3 Å². The Balaban J connectivity index is 0.000000143. The highest BCUT2D eigenvalue weighted by molar-refractivity contribution is 6.05. The molecule has 3 saturated heterocycles. The number of benzene rings is 6. The molecule has 77 heavy (non-hydrogen) atoms. The van der Waals surface area contributed by atoms with E-state index < -0.39 is 12.1 Å². The van der Waals surface area contributed by atoms with Gasteiger partial charge in [-0.1, -0.05) is 133 Å². The number of phenols is 3. The molecule has 404 valence electrons. The first-order chi connectivity index (χ1) is 37.0. The molecule has 14 heteroatoms. The zero-order valence-corrected chi connectivity index (χ0v) is 44.5. The lowest BCUT2D eigenvalue weighted by Gasteiger charge is -2.28. The Bertz CT molecular complexity index is 3220. The third kappa shape index (κ3) is 10.9. The van der Waals surface area contributed by atoms with Gasteiger partial charge in [0.2, 0.25) is 17.9 Å². The Kier molecular flexibility index (Phi) is 16.2. The van der Waals surface area contributed by atoms with Crippen molar-refractivity contribution in [2.75, 3.05) is 6.61 Å². The maximum atomic E-state index is 13.0.